The second-order valence-corrected chi connectivity index (χ2v) is 5.69. The largest absolute Gasteiger partial charge is 0.508 e. The molecule has 2 heterocycles. The molecule has 0 saturated heterocycles. The number of aryl methyl sites for hydroxylation is 1. The fraction of sp³-hybridized carbons (Fsp3) is 0.0625. The number of phenolic OH excluding ortho intramolecular Hbond substituents is 1. The van der Waals surface area contributed by atoms with Crippen LogP contribution in [-0.2, 0) is 7.05 Å². The first-order chi connectivity index (χ1) is 11.6. The van der Waals surface area contributed by atoms with Crippen LogP contribution in [-0.4, -0.2) is 30.1 Å². The molecule has 7 nitrogen and oxygen atoms in total. The molecule has 8 heteroatoms. The minimum Gasteiger partial charge on any atom is -0.508 e. The van der Waals surface area contributed by atoms with E-state index >= 15 is 0 Å². The van der Waals surface area contributed by atoms with Gasteiger partial charge in [-0.15, -0.1) is 5.10 Å². The summed E-state index contributed by atoms with van der Waals surface area (Å²) in [5.41, 5.74) is 2.31. The molecule has 3 N–H and O–H groups in total. The Kier molecular flexibility index (Phi) is 3.35. The smallest absolute Gasteiger partial charge is 0.225 e. The Labute approximate surface area is 141 Å². The molecule has 0 saturated carbocycles. The van der Waals surface area contributed by atoms with E-state index in [-0.39, 0.29) is 5.75 Å². The Morgan fingerprint density at radius 1 is 1.25 bits per heavy atom. The number of aromatic amines is 1. The monoisotopic (exact) mass is 340 g/mol. The van der Waals surface area contributed by atoms with E-state index in [2.05, 4.69) is 25.6 Å². The van der Waals surface area contributed by atoms with Crippen molar-refractivity contribution in [3.63, 3.8) is 0 Å². The van der Waals surface area contributed by atoms with Gasteiger partial charge in [0.25, 0.3) is 0 Å². The molecule has 4 aromatic rings. The Hall–Kier alpha value is -3.06. The highest BCUT2D eigenvalue weighted by Crippen LogP contribution is 2.32. The van der Waals surface area contributed by atoms with Gasteiger partial charge in [0.15, 0.2) is 5.82 Å². The molecule has 0 unspecified atom stereocenters. The lowest BCUT2D eigenvalue weighted by Crippen LogP contribution is -2.00. The molecule has 120 valence electrons. The zero-order chi connectivity index (χ0) is 16.7. The highest BCUT2D eigenvalue weighted by molar-refractivity contribution is 6.38. The zero-order valence-electron chi connectivity index (χ0n) is 12.7. The Balaban J connectivity index is 1.70. The van der Waals surface area contributed by atoms with Gasteiger partial charge in [-0.3, -0.25) is 5.10 Å². The second-order valence-electron chi connectivity index (χ2n) is 5.32. The Morgan fingerprint density at radius 2 is 2.12 bits per heavy atom. The van der Waals surface area contributed by atoms with E-state index < -0.39 is 0 Å². The highest BCUT2D eigenvalue weighted by Gasteiger charge is 2.13. The molecule has 0 amide bonds. The van der Waals surface area contributed by atoms with Crippen molar-refractivity contribution >= 4 is 34.1 Å². The van der Waals surface area contributed by atoms with Gasteiger partial charge in [-0.1, -0.05) is 23.7 Å². The van der Waals surface area contributed by atoms with Crippen LogP contribution in [0.1, 0.15) is 0 Å². The molecule has 0 bridgehead atoms. The van der Waals surface area contributed by atoms with Gasteiger partial charge in [0.2, 0.25) is 5.95 Å². The van der Waals surface area contributed by atoms with Gasteiger partial charge < -0.3 is 10.4 Å². The molecule has 24 heavy (non-hydrogen) atoms. The number of halogens is 1. The summed E-state index contributed by atoms with van der Waals surface area (Å²) in [6.07, 6.45) is 1.68. The summed E-state index contributed by atoms with van der Waals surface area (Å²) in [6.45, 7) is 0. The molecular formula is C16H13ClN6O. The van der Waals surface area contributed by atoms with Gasteiger partial charge in [-0.05, 0) is 24.3 Å². The van der Waals surface area contributed by atoms with Gasteiger partial charge in [0, 0.05) is 18.0 Å². The van der Waals surface area contributed by atoms with Crippen molar-refractivity contribution in [2.75, 3.05) is 5.32 Å². The topological polar surface area (TPSA) is 91.6 Å². The molecule has 0 atom stereocenters. The third-order valence-corrected chi connectivity index (χ3v) is 4.08. The van der Waals surface area contributed by atoms with Crippen LogP contribution in [0.3, 0.4) is 0 Å². The first-order valence-electron chi connectivity index (χ1n) is 7.21. The van der Waals surface area contributed by atoms with Crippen LogP contribution < -0.4 is 5.32 Å². The number of fused-ring (bicyclic) bond motifs is 1. The molecule has 0 spiro atoms. The summed E-state index contributed by atoms with van der Waals surface area (Å²) >= 11 is 6.42. The van der Waals surface area contributed by atoms with Crippen LogP contribution >= 0.6 is 11.6 Å². The molecule has 0 radical (unpaired) electrons. The van der Waals surface area contributed by atoms with Crippen LogP contribution in [0.5, 0.6) is 5.75 Å². The van der Waals surface area contributed by atoms with Gasteiger partial charge >= 0.3 is 0 Å². The van der Waals surface area contributed by atoms with Crippen LogP contribution in [0.15, 0.2) is 42.6 Å². The summed E-state index contributed by atoms with van der Waals surface area (Å²) in [5.74, 6) is 1.22. The number of aromatic hydroxyl groups is 1. The predicted molar refractivity (Wildman–Crippen MR) is 92.5 cm³/mol. The number of rotatable bonds is 3. The minimum atomic E-state index is 0.169. The van der Waals surface area contributed by atoms with Crippen molar-refractivity contribution in [2.24, 2.45) is 7.05 Å². The molecule has 2 aromatic carbocycles. The molecule has 0 fully saturated rings. The summed E-state index contributed by atoms with van der Waals surface area (Å²) < 4.78 is 1.62. The van der Waals surface area contributed by atoms with Gasteiger partial charge in [-0.25, -0.2) is 4.68 Å². The molecule has 0 aliphatic rings. The standard InChI is InChI=1S/C16H13ClN6O/c1-23-16(20-15(22-23)9-3-2-4-10(24)7-9)19-13-6-5-12-11(14(13)17)8-18-21-12/h2-8,24H,1H3,(H,18,21)(H,19,20,22). The predicted octanol–water partition coefficient (Wildman–Crippen LogP) is 3.46. The van der Waals surface area contributed by atoms with E-state index in [0.29, 0.717) is 22.5 Å². The number of nitrogens with one attached hydrogen (secondary N) is 2. The summed E-state index contributed by atoms with van der Waals surface area (Å²) in [7, 11) is 1.78. The van der Waals surface area contributed by atoms with E-state index in [4.69, 9.17) is 11.6 Å². The minimum absolute atomic E-state index is 0.169. The average molecular weight is 341 g/mol. The molecule has 4 rings (SSSR count). The van der Waals surface area contributed by atoms with Gasteiger partial charge in [-0.2, -0.15) is 10.1 Å². The average Bonchev–Trinajstić information content (AvgIpc) is 3.18. The second kappa shape index (κ2) is 5.54. The van der Waals surface area contributed by atoms with Crippen molar-refractivity contribution < 1.29 is 5.11 Å². The van der Waals surface area contributed by atoms with Crippen LogP contribution in [0.25, 0.3) is 22.3 Å². The number of anilines is 2. The maximum absolute atomic E-state index is 9.60. The summed E-state index contributed by atoms with van der Waals surface area (Å²) in [4.78, 5) is 4.47. The molecule has 0 aliphatic carbocycles. The lowest BCUT2D eigenvalue weighted by atomic mass is 10.2. The maximum atomic E-state index is 9.60. The van der Waals surface area contributed by atoms with Crippen molar-refractivity contribution in [3.8, 4) is 17.1 Å². The van der Waals surface area contributed by atoms with E-state index in [1.165, 1.54) is 0 Å². The van der Waals surface area contributed by atoms with Crippen molar-refractivity contribution in [1.82, 2.24) is 25.0 Å². The fourth-order valence-corrected chi connectivity index (χ4v) is 2.72. The SMILES string of the molecule is Cn1nc(-c2cccc(O)c2)nc1Nc1ccc2[nH]ncc2c1Cl. The molecule has 0 aliphatic heterocycles. The number of aromatic nitrogens is 5. The number of hydrogen-bond donors (Lipinski definition) is 3. The quantitative estimate of drug-likeness (QED) is 0.531. The van der Waals surface area contributed by atoms with Crippen LogP contribution in [0.4, 0.5) is 11.6 Å². The van der Waals surface area contributed by atoms with Gasteiger partial charge in [0.1, 0.15) is 5.75 Å². The highest BCUT2D eigenvalue weighted by atomic mass is 35.5. The van der Waals surface area contributed by atoms with E-state index in [0.717, 1.165) is 16.5 Å². The lowest BCUT2D eigenvalue weighted by molar-refractivity contribution is 0.475. The van der Waals surface area contributed by atoms with E-state index in [1.54, 1.807) is 36.1 Å². The number of phenols is 1. The van der Waals surface area contributed by atoms with Crippen LogP contribution in [0, 0.1) is 0 Å². The number of benzene rings is 2. The van der Waals surface area contributed by atoms with E-state index in [1.807, 2.05) is 18.2 Å². The normalized spacial score (nSPS) is 11.1. The Bertz CT molecular complexity index is 1040. The summed E-state index contributed by atoms with van der Waals surface area (Å²) in [6, 6.07) is 10.5. The Morgan fingerprint density at radius 3 is 2.96 bits per heavy atom. The number of H-pyrrole nitrogens is 1. The van der Waals surface area contributed by atoms with Crippen molar-refractivity contribution in [2.45, 2.75) is 0 Å². The fourth-order valence-electron chi connectivity index (χ4n) is 2.46. The molecule has 2 aromatic heterocycles. The third-order valence-electron chi connectivity index (χ3n) is 3.67. The van der Waals surface area contributed by atoms with Crippen LogP contribution in [0.2, 0.25) is 5.02 Å². The summed E-state index contributed by atoms with van der Waals surface area (Å²) in [5, 5.41) is 25.4. The first-order valence-corrected chi connectivity index (χ1v) is 7.58. The third kappa shape index (κ3) is 2.44. The first kappa shape index (κ1) is 14.5. The lowest BCUT2D eigenvalue weighted by Gasteiger charge is -2.07. The maximum Gasteiger partial charge on any atom is 0.225 e. The van der Waals surface area contributed by atoms with Crippen molar-refractivity contribution in [3.05, 3.63) is 47.6 Å². The molecular weight excluding hydrogens is 328 g/mol. The number of hydrogen-bond acceptors (Lipinski definition) is 5. The van der Waals surface area contributed by atoms with E-state index in [9.17, 15) is 5.11 Å². The van der Waals surface area contributed by atoms with Gasteiger partial charge in [0.05, 0.1) is 22.4 Å². The zero-order valence-corrected chi connectivity index (χ0v) is 13.4. The number of nitrogens with zero attached hydrogens (tertiary/aromatic N) is 4. The van der Waals surface area contributed by atoms with Crippen molar-refractivity contribution in [1.29, 1.82) is 0 Å².